The van der Waals surface area contributed by atoms with E-state index in [1.807, 2.05) is 24.4 Å². The molecule has 2 aromatic carbocycles. The lowest BCUT2D eigenvalue weighted by Crippen LogP contribution is -2.26. The number of anilines is 1. The Morgan fingerprint density at radius 3 is 2.82 bits per heavy atom. The second-order valence-corrected chi connectivity index (χ2v) is 6.98. The largest absolute Gasteiger partial charge is 0.361 e. The number of ketones is 1. The van der Waals surface area contributed by atoms with Crippen molar-refractivity contribution >= 4 is 34.2 Å². The van der Waals surface area contributed by atoms with Crippen molar-refractivity contribution in [2.75, 3.05) is 11.9 Å². The van der Waals surface area contributed by atoms with Crippen LogP contribution in [-0.4, -0.2) is 29.1 Å². The Balaban J connectivity index is 1.25. The van der Waals surface area contributed by atoms with Crippen LogP contribution >= 0.6 is 0 Å². The predicted molar refractivity (Wildman–Crippen MR) is 107 cm³/mol. The van der Waals surface area contributed by atoms with Crippen LogP contribution < -0.4 is 10.6 Å². The Morgan fingerprint density at radius 1 is 1.07 bits per heavy atom. The average molecular weight is 375 g/mol. The van der Waals surface area contributed by atoms with E-state index in [-0.39, 0.29) is 30.4 Å². The molecule has 142 valence electrons. The van der Waals surface area contributed by atoms with Crippen LogP contribution in [0, 0.1) is 0 Å². The highest BCUT2D eigenvalue weighted by atomic mass is 16.2. The Kier molecular flexibility index (Phi) is 4.93. The number of hydrogen-bond donors (Lipinski definition) is 3. The molecule has 0 saturated heterocycles. The van der Waals surface area contributed by atoms with Crippen molar-refractivity contribution in [1.82, 2.24) is 10.3 Å². The maximum absolute atomic E-state index is 12.3. The van der Waals surface area contributed by atoms with Crippen molar-refractivity contribution < 1.29 is 14.4 Å². The van der Waals surface area contributed by atoms with Gasteiger partial charge in [-0.1, -0.05) is 18.2 Å². The van der Waals surface area contributed by atoms with Crippen LogP contribution in [0.5, 0.6) is 0 Å². The first kappa shape index (κ1) is 18.0. The van der Waals surface area contributed by atoms with E-state index in [4.69, 9.17) is 0 Å². The molecule has 0 aliphatic carbocycles. The summed E-state index contributed by atoms with van der Waals surface area (Å²) in [5.41, 5.74) is 4.38. The fourth-order valence-electron chi connectivity index (χ4n) is 3.54. The van der Waals surface area contributed by atoms with E-state index in [2.05, 4.69) is 21.7 Å². The molecule has 0 spiro atoms. The zero-order valence-corrected chi connectivity index (χ0v) is 15.4. The molecule has 3 aromatic rings. The van der Waals surface area contributed by atoms with Gasteiger partial charge in [0.05, 0.1) is 6.42 Å². The number of rotatable bonds is 7. The third-order valence-electron chi connectivity index (χ3n) is 5.02. The molecule has 1 aliphatic heterocycles. The average Bonchev–Trinajstić information content (AvgIpc) is 3.28. The Morgan fingerprint density at radius 2 is 1.93 bits per heavy atom. The van der Waals surface area contributed by atoms with Gasteiger partial charge in [-0.3, -0.25) is 14.4 Å². The summed E-state index contributed by atoms with van der Waals surface area (Å²) in [5, 5.41) is 6.79. The number of carbonyl (C=O) groups is 3. The van der Waals surface area contributed by atoms with E-state index in [0.717, 1.165) is 34.1 Å². The predicted octanol–water partition coefficient (Wildman–Crippen LogP) is 2.98. The summed E-state index contributed by atoms with van der Waals surface area (Å²) < 4.78 is 0. The molecular weight excluding hydrogens is 354 g/mol. The number of fused-ring (bicyclic) bond motifs is 2. The van der Waals surface area contributed by atoms with E-state index in [1.54, 1.807) is 18.2 Å². The molecule has 28 heavy (non-hydrogen) atoms. The van der Waals surface area contributed by atoms with E-state index in [1.165, 1.54) is 0 Å². The smallest absolute Gasteiger partial charge is 0.228 e. The standard InChI is InChI=1S/C22H21N3O3/c26-20(14-5-6-18-16(11-14)12-22(28)25-18)7-8-21(27)23-10-9-15-13-24-19-4-2-1-3-17(15)19/h1-6,11,13,24H,7-10,12H2,(H,23,27)(H,25,28). The third-order valence-corrected chi connectivity index (χ3v) is 5.02. The summed E-state index contributed by atoms with van der Waals surface area (Å²) >= 11 is 0. The molecule has 0 unspecified atom stereocenters. The Bertz CT molecular complexity index is 1070. The second-order valence-electron chi connectivity index (χ2n) is 6.98. The SMILES string of the molecule is O=C(CCC(=O)c1ccc2c(c1)CC(=O)N2)NCCc1c[nH]c2ccccc12. The topological polar surface area (TPSA) is 91.1 Å². The fraction of sp³-hybridized carbons (Fsp3) is 0.227. The number of aromatic amines is 1. The van der Waals surface area contributed by atoms with Crippen LogP contribution in [0.2, 0.25) is 0 Å². The minimum atomic E-state index is -0.133. The van der Waals surface area contributed by atoms with Gasteiger partial charge in [-0.2, -0.15) is 0 Å². The highest BCUT2D eigenvalue weighted by Gasteiger charge is 2.19. The van der Waals surface area contributed by atoms with E-state index in [0.29, 0.717) is 18.5 Å². The normalized spacial score (nSPS) is 12.6. The highest BCUT2D eigenvalue weighted by Crippen LogP contribution is 2.24. The number of H-pyrrole nitrogens is 1. The summed E-state index contributed by atoms with van der Waals surface area (Å²) in [7, 11) is 0. The van der Waals surface area contributed by atoms with E-state index < -0.39 is 0 Å². The summed E-state index contributed by atoms with van der Waals surface area (Å²) in [4.78, 5) is 39.0. The van der Waals surface area contributed by atoms with Gasteiger partial charge in [-0.25, -0.2) is 0 Å². The van der Waals surface area contributed by atoms with Crippen molar-refractivity contribution in [2.24, 2.45) is 0 Å². The number of nitrogens with one attached hydrogen (secondary N) is 3. The summed E-state index contributed by atoms with van der Waals surface area (Å²) in [6.45, 7) is 0.529. The Labute approximate surface area is 162 Å². The van der Waals surface area contributed by atoms with Crippen molar-refractivity contribution in [3.8, 4) is 0 Å². The van der Waals surface area contributed by atoms with Crippen LogP contribution in [0.15, 0.2) is 48.7 Å². The molecule has 6 heteroatoms. The van der Waals surface area contributed by atoms with Crippen molar-refractivity contribution in [3.63, 3.8) is 0 Å². The minimum Gasteiger partial charge on any atom is -0.361 e. The minimum absolute atomic E-state index is 0.0609. The van der Waals surface area contributed by atoms with Crippen molar-refractivity contribution in [3.05, 3.63) is 65.4 Å². The number of benzene rings is 2. The molecule has 6 nitrogen and oxygen atoms in total. The first-order chi connectivity index (χ1) is 13.6. The van der Waals surface area contributed by atoms with Crippen molar-refractivity contribution in [2.45, 2.75) is 25.7 Å². The summed E-state index contributed by atoms with van der Waals surface area (Å²) in [6, 6.07) is 13.2. The van der Waals surface area contributed by atoms with Gasteiger partial charge in [0, 0.05) is 47.7 Å². The molecule has 2 heterocycles. The van der Waals surface area contributed by atoms with Gasteiger partial charge in [-0.15, -0.1) is 0 Å². The first-order valence-electron chi connectivity index (χ1n) is 9.38. The molecule has 3 N–H and O–H groups in total. The van der Waals surface area contributed by atoms with Gasteiger partial charge in [0.1, 0.15) is 0 Å². The quantitative estimate of drug-likeness (QED) is 0.555. The van der Waals surface area contributed by atoms with Crippen LogP contribution in [0.1, 0.15) is 34.3 Å². The molecular formula is C22H21N3O3. The molecule has 0 fully saturated rings. The fourth-order valence-corrected chi connectivity index (χ4v) is 3.54. The molecule has 0 atom stereocenters. The molecule has 0 radical (unpaired) electrons. The zero-order chi connectivity index (χ0) is 19.5. The highest BCUT2D eigenvalue weighted by molar-refractivity contribution is 6.02. The first-order valence-corrected chi connectivity index (χ1v) is 9.38. The van der Waals surface area contributed by atoms with Gasteiger partial charge >= 0.3 is 0 Å². The number of hydrogen-bond acceptors (Lipinski definition) is 3. The molecule has 1 aliphatic rings. The van der Waals surface area contributed by atoms with Crippen LogP contribution in [0.3, 0.4) is 0 Å². The number of Topliss-reactive ketones (excluding diaryl/α,β-unsaturated/α-hetero) is 1. The monoisotopic (exact) mass is 375 g/mol. The number of amides is 2. The van der Waals surface area contributed by atoms with Gasteiger partial charge in [-0.05, 0) is 41.8 Å². The molecule has 2 amide bonds. The summed E-state index contributed by atoms with van der Waals surface area (Å²) in [6.07, 6.45) is 3.30. The lowest BCUT2D eigenvalue weighted by Gasteiger charge is -2.06. The van der Waals surface area contributed by atoms with Gasteiger partial charge in [0.2, 0.25) is 11.8 Å². The number of aromatic nitrogens is 1. The van der Waals surface area contributed by atoms with Crippen LogP contribution in [-0.2, 0) is 22.4 Å². The van der Waals surface area contributed by atoms with Crippen molar-refractivity contribution in [1.29, 1.82) is 0 Å². The third kappa shape index (κ3) is 3.81. The summed E-state index contributed by atoms with van der Waals surface area (Å²) in [5.74, 6) is -0.283. The number of para-hydroxylation sites is 1. The van der Waals surface area contributed by atoms with E-state index >= 15 is 0 Å². The molecule has 1 aromatic heterocycles. The zero-order valence-electron chi connectivity index (χ0n) is 15.4. The molecule has 0 saturated carbocycles. The number of carbonyl (C=O) groups excluding carboxylic acids is 3. The van der Waals surface area contributed by atoms with E-state index in [9.17, 15) is 14.4 Å². The molecule has 4 rings (SSSR count). The maximum Gasteiger partial charge on any atom is 0.228 e. The second kappa shape index (κ2) is 7.68. The van der Waals surface area contributed by atoms with Gasteiger partial charge in [0.15, 0.2) is 5.78 Å². The Hall–Kier alpha value is -3.41. The van der Waals surface area contributed by atoms with Crippen LogP contribution in [0.4, 0.5) is 5.69 Å². The van der Waals surface area contributed by atoms with Gasteiger partial charge < -0.3 is 15.6 Å². The lowest BCUT2D eigenvalue weighted by molar-refractivity contribution is -0.121. The molecule has 0 bridgehead atoms. The maximum atomic E-state index is 12.3. The van der Waals surface area contributed by atoms with Gasteiger partial charge in [0.25, 0.3) is 0 Å². The lowest BCUT2D eigenvalue weighted by atomic mass is 10.0. The van der Waals surface area contributed by atoms with Crippen LogP contribution in [0.25, 0.3) is 10.9 Å².